The van der Waals surface area contributed by atoms with Gasteiger partial charge in [-0.05, 0) is 0 Å². The van der Waals surface area contributed by atoms with Crippen molar-refractivity contribution in [1.82, 2.24) is 5.43 Å². The van der Waals surface area contributed by atoms with E-state index in [0.717, 1.165) is 12.4 Å². The van der Waals surface area contributed by atoms with Gasteiger partial charge in [0.25, 0.3) is 0 Å². The molecule has 8 heteroatoms. The first-order chi connectivity index (χ1) is 7.56. The molecule has 1 amide bonds. The molecular weight excluding hydrogens is 329 g/mol. The number of halogens is 1. The fourth-order valence-electron chi connectivity index (χ4n) is 0.480. The number of carbonyl (C=O) groups is 3. The van der Waals surface area contributed by atoms with E-state index in [9.17, 15) is 14.4 Å². The van der Waals surface area contributed by atoms with Gasteiger partial charge in [-0.15, -0.1) is 0 Å². The van der Waals surface area contributed by atoms with Gasteiger partial charge in [-0.1, -0.05) is 0 Å². The molecule has 0 saturated carbocycles. The van der Waals surface area contributed by atoms with Crippen LogP contribution in [0.1, 0.15) is 6.92 Å². The predicted octanol–water partition coefficient (Wildman–Crippen LogP) is -4.07. The summed E-state index contributed by atoms with van der Waals surface area (Å²) in [5, 5.41) is 6.67. The van der Waals surface area contributed by atoms with Crippen LogP contribution in [0.15, 0.2) is 10.3 Å². The van der Waals surface area contributed by atoms with Gasteiger partial charge in [0.1, 0.15) is 0 Å². The summed E-state index contributed by atoms with van der Waals surface area (Å²) in [6.45, 7) is 1.31. The normalized spacial score (nSPS) is 10.9. The maximum absolute atomic E-state index is 11.1. The zero-order chi connectivity index (χ0) is 12.4. The van der Waals surface area contributed by atoms with E-state index in [0.29, 0.717) is 0 Å². The SMILES string of the molecule is CO/N=C/C(=O)[I-]CC(=O)N/N=C/C(C)=O. The van der Waals surface area contributed by atoms with Gasteiger partial charge in [-0.3, -0.25) is 0 Å². The zero-order valence-electron chi connectivity index (χ0n) is 8.77. The molecule has 1 N–H and O–H groups in total. The van der Waals surface area contributed by atoms with Gasteiger partial charge in [0.05, 0.1) is 0 Å². The van der Waals surface area contributed by atoms with Gasteiger partial charge in [0.2, 0.25) is 0 Å². The molecule has 0 saturated heterocycles. The number of alkyl halides is 1. The first-order valence-corrected chi connectivity index (χ1v) is 6.68. The Morgan fingerprint density at radius 3 is 2.62 bits per heavy atom. The first kappa shape index (κ1) is 14.7. The Morgan fingerprint density at radius 1 is 1.38 bits per heavy atom. The molecule has 0 aliphatic rings. The number of rotatable bonds is 7. The number of Topliss-reactive ketones (excluding diaryl/α,β-unsaturated/α-hetero) is 1. The molecule has 0 fully saturated rings. The van der Waals surface area contributed by atoms with E-state index < -0.39 is 27.1 Å². The second-order valence-electron chi connectivity index (χ2n) is 2.39. The number of ketones is 1. The predicted molar refractivity (Wildman–Crippen MR) is 52.7 cm³/mol. The molecule has 0 spiro atoms. The molecular formula is C8H11IN3O4-. The van der Waals surface area contributed by atoms with Crippen molar-refractivity contribution in [2.75, 3.05) is 11.5 Å². The number of nitrogens with zero attached hydrogens (tertiary/aromatic N) is 2. The average molecular weight is 340 g/mol. The second kappa shape index (κ2) is 8.95. The number of carbonyl (C=O) groups excluding carboxylic acids is 3. The fraction of sp³-hybridized carbons (Fsp3) is 0.375. The van der Waals surface area contributed by atoms with Crippen LogP contribution >= 0.6 is 0 Å². The summed E-state index contributed by atoms with van der Waals surface area (Å²) in [4.78, 5) is 36.8. The molecule has 0 aliphatic carbocycles. The molecule has 0 heterocycles. The fourth-order valence-corrected chi connectivity index (χ4v) is 1.68. The van der Waals surface area contributed by atoms with Crippen molar-refractivity contribution in [3.63, 3.8) is 0 Å². The number of hydrogen-bond donors (Lipinski definition) is 1. The summed E-state index contributed by atoms with van der Waals surface area (Å²) in [7, 11) is 1.32. The molecule has 0 aromatic rings. The molecule has 7 nitrogen and oxygen atoms in total. The summed E-state index contributed by atoms with van der Waals surface area (Å²) in [5.41, 5.74) is 2.13. The van der Waals surface area contributed by atoms with Gasteiger partial charge in [0.15, 0.2) is 0 Å². The molecule has 0 radical (unpaired) electrons. The van der Waals surface area contributed by atoms with Gasteiger partial charge >= 0.3 is 102 Å². The number of amides is 1. The van der Waals surface area contributed by atoms with Gasteiger partial charge in [-0.25, -0.2) is 0 Å². The molecule has 0 bridgehead atoms. The summed E-state index contributed by atoms with van der Waals surface area (Å²) < 4.78 is -0.130. The summed E-state index contributed by atoms with van der Waals surface area (Å²) in [5.74, 6) is -0.664. The Bertz CT molecular complexity index is 327. The first-order valence-electron chi connectivity index (χ1n) is 4.08. The van der Waals surface area contributed by atoms with Crippen molar-refractivity contribution in [1.29, 1.82) is 0 Å². The molecule has 0 unspecified atom stereocenters. The monoisotopic (exact) mass is 340 g/mol. The minimum atomic E-state index is -0.963. The maximum atomic E-state index is 11.1. The summed E-state index contributed by atoms with van der Waals surface area (Å²) in [6, 6.07) is 0. The van der Waals surface area contributed by atoms with Crippen LogP contribution in [-0.4, -0.2) is 39.4 Å². The standard InChI is InChI=1S/C8H11IN3O4/c1-6(13)4-10-12-8(15)3-9-7(14)5-11-16-2/h4-5H,3H2,1-2H3,(H,12,15)/q-1/b10-4+,11-5+. The van der Waals surface area contributed by atoms with Crippen molar-refractivity contribution in [3.8, 4) is 0 Å². The van der Waals surface area contributed by atoms with Crippen LogP contribution in [0.5, 0.6) is 0 Å². The Kier molecular flexibility index (Phi) is 8.21. The Morgan fingerprint density at radius 2 is 2.06 bits per heavy atom. The van der Waals surface area contributed by atoms with Crippen LogP contribution in [0, 0.1) is 0 Å². The van der Waals surface area contributed by atoms with Gasteiger partial charge in [-0.2, -0.15) is 0 Å². The summed E-state index contributed by atoms with van der Waals surface area (Å²) >= 11 is -0.963. The van der Waals surface area contributed by atoms with E-state index in [1.807, 2.05) is 0 Å². The number of hydrazone groups is 1. The third-order valence-electron chi connectivity index (χ3n) is 1.02. The number of hydrogen-bond acceptors (Lipinski definition) is 6. The molecule has 0 rings (SSSR count). The quantitative estimate of drug-likeness (QED) is 0.168. The van der Waals surface area contributed by atoms with Crippen LogP contribution in [-0.2, 0) is 19.2 Å². The van der Waals surface area contributed by atoms with Crippen LogP contribution in [0.4, 0.5) is 0 Å². The molecule has 16 heavy (non-hydrogen) atoms. The second-order valence-corrected chi connectivity index (χ2v) is 4.98. The Balaban J connectivity index is 3.77. The van der Waals surface area contributed by atoms with E-state index in [2.05, 4.69) is 20.5 Å². The van der Waals surface area contributed by atoms with Crippen molar-refractivity contribution in [3.05, 3.63) is 0 Å². The average Bonchev–Trinajstić information content (AvgIpc) is 2.23. The van der Waals surface area contributed by atoms with E-state index in [1.54, 1.807) is 0 Å². The molecule has 90 valence electrons. The van der Waals surface area contributed by atoms with Crippen LogP contribution in [0.25, 0.3) is 0 Å². The topological polar surface area (TPSA) is 97.2 Å². The van der Waals surface area contributed by atoms with Gasteiger partial charge < -0.3 is 0 Å². The number of nitrogens with one attached hydrogen (secondary N) is 1. The van der Waals surface area contributed by atoms with E-state index >= 15 is 0 Å². The number of oxime groups is 1. The third kappa shape index (κ3) is 9.24. The molecule has 0 aliphatic heterocycles. The van der Waals surface area contributed by atoms with Crippen molar-refractivity contribution in [2.24, 2.45) is 10.3 Å². The molecule has 0 aromatic carbocycles. The minimum absolute atomic E-state index is 0.0860. The summed E-state index contributed by atoms with van der Waals surface area (Å²) in [6.07, 6.45) is 2.03. The van der Waals surface area contributed by atoms with Crippen LogP contribution in [0.3, 0.4) is 0 Å². The van der Waals surface area contributed by atoms with Crippen LogP contribution < -0.4 is 26.6 Å². The van der Waals surface area contributed by atoms with E-state index in [-0.39, 0.29) is 14.0 Å². The van der Waals surface area contributed by atoms with Crippen LogP contribution in [0.2, 0.25) is 0 Å². The van der Waals surface area contributed by atoms with Gasteiger partial charge in [0, 0.05) is 0 Å². The third-order valence-corrected chi connectivity index (χ3v) is 3.12. The van der Waals surface area contributed by atoms with Crippen molar-refractivity contribution < 1.29 is 40.4 Å². The molecule has 0 aromatic heterocycles. The zero-order valence-corrected chi connectivity index (χ0v) is 10.9. The van der Waals surface area contributed by atoms with Crippen molar-refractivity contribution in [2.45, 2.75) is 6.92 Å². The Hall–Kier alpha value is -1.32. The van der Waals surface area contributed by atoms with E-state index in [1.165, 1.54) is 14.0 Å². The van der Waals surface area contributed by atoms with Crippen molar-refractivity contribution >= 4 is 27.9 Å². The molecule has 0 atom stereocenters. The Labute approximate surface area is 103 Å². The van der Waals surface area contributed by atoms with E-state index in [4.69, 9.17) is 0 Å².